The summed E-state index contributed by atoms with van der Waals surface area (Å²) in [6, 6.07) is 3.38. The van der Waals surface area contributed by atoms with Gasteiger partial charge in [-0.1, -0.05) is 0 Å². The maximum absolute atomic E-state index is 12.9. The van der Waals surface area contributed by atoms with Gasteiger partial charge in [0.2, 0.25) is 5.88 Å². The van der Waals surface area contributed by atoms with Crippen molar-refractivity contribution >= 4 is 5.91 Å². The van der Waals surface area contributed by atoms with Gasteiger partial charge in [0.15, 0.2) is 0 Å². The molecule has 2 aliphatic rings. The monoisotopic (exact) mass is 349 g/mol. The molecule has 2 saturated heterocycles. The molecule has 138 valence electrons. The number of ether oxygens (including phenoxy) is 2. The zero-order valence-electron chi connectivity index (χ0n) is 14.8. The van der Waals surface area contributed by atoms with Gasteiger partial charge in [0.25, 0.3) is 5.91 Å². The van der Waals surface area contributed by atoms with E-state index in [0.717, 1.165) is 45.8 Å². The second-order valence-electron chi connectivity index (χ2n) is 6.86. The maximum atomic E-state index is 12.9. The fraction of sp³-hybridized carbons (Fsp3) is 0.667. The molecule has 1 amide bonds. The minimum Gasteiger partial charge on any atom is -0.481 e. The number of likely N-dealkylation sites (tertiary alicyclic amines) is 1. The van der Waals surface area contributed by atoms with Crippen LogP contribution in [0.5, 0.6) is 5.88 Å². The van der Waals surface area contributed by atoms with Crippen LogP contribution in [-0.4, -0.2) is 85.5 Å². The van der Waals surface area contributed by atoms with Crippen LogP contribution in [0, 0.1) is 11.8 Å². The number of rotatable bonds is 5. The molecular formula is C18H27N3O4. The molecule has 1 aromatic heterocycles. The number of aromatic nitrogens is 1. The van der Waals surface area contributed by atoms with Gasteiger partial charge in [0.05, 0.1) is 20.3 Å². The number of aliphatic hydroxyl groups is 1. The summed E-state index contributed by atoms with van der Waals surface area (Å²) >= 11 is 0. The summed E-state index contributed by atoms with van der Waals surface area (Å²) in [5.41, 5.74) is 0.579. The van der Waals surface area contributed by atoms with Gasteiger partial charge < -0.3 is 19.5 Å². The minimum atomic E-state index is -0.0224. The van der Waals surface area contributed by atoms with Crippen molar-refractivity contribution in [1.82, 2.24) is 14.8 Å². The number of aliphatic hydroxyl groups excluding tert-OH is 1. The number of morpholine rings is 1. The van der Waals surface area contributed by atoms with Crippen molar-refractivity contribution in [1.29, 1.82) is 0 Å². The van der Waals surface area contributed by atoms with Gasteiger partial charge in [-0.3, -0.25) is 9.69 Å². The predicted octanol–water partition coefficient (Wildman–Crippen LogP) is 0.493. The Balaban J connectivity index is 1.67. The summed E-state index contributed by atoms with van der Waals surface area (Å²) in [7, 11) is 1.54. The van der Waals surface area contributed by atoms with Crippen molar-refractivity contribution in [3.8, 4) is 5.88 Å². The summed E-state index contributed by atoms with van der Waals surface area (Å²) < 4.78 is 10.5. The zero-order chi connectivity index (χ0) is 17.6. The molecule has 0 aliphatic carbocycles. The zero-order valence-corrected chi connectivity index (χ0v) is 14.8. The SMILES string of the molecule is COc1cc(C(=O)N2C[C@@H](CO)C[C@@H](CN3CCOCC3)C2)ccn1. The van der Waals surface area contributed by atoms with Gasteiger partial charge in [0, 0.05) is 57.2 Å². The van der Waals surface area contributed by atoms with Crippen LogP contribution in [0.15, 0.2) is 18.3 Å². The highest BCUT2D eigenvalue weighted by Gasteiger charge is 2.31. The third-order valence-electron chi connectivity index (χ3n) is 4.98. The fourth-order valence-corrected chi connectivity index (χ4v) is 3.73. The number of hydrogen-bond acceptors (Lipinski definition) is 6. The highest BCUT2D eigenvalue weighted by atomic mass is 16.5. The van der Waals surface area contributed by atoms with Gasteiger partial charge in [-0.15, -0.1) is 0 Å². The van der Waals surface area contributed by atoms with Crippen molar-refractivity contribution < 1.29 is 19.4 Å². The first kappa shape index (κ1) is 18.1. The summed E-state index contributed by atoms with van der Waals surface area (Å²) in [4.78, 5) is 21.2. The van der Waals surface area contributed by atoms with E-state index in [1.807, 2.05) is 4.90 Å². The molecule has 0 radical (unpaired) electrons. The molecule has 25 heavy (non-hydrogen) atoms. The topological polar surface area (TPSA) is 75.1 Å². The molecule has 1 N–H and O–H groups in total. The van der Waals surface area contributed by atoms with Crippen LogP contribution in [0.2, 0.25) is 0 Å². The van der Waals surface area contributed by atoms with E-state index in [-0.39, 0.29) is 18.4 Å². The van der Waals surface area contributed by atoms with E-state index in [0.29, 0.717) is 23.9 Å². The average Bonchev–Trinajstić information content (AvgIpc) is 2.68. The molecule has 7 nitrogen and oxygen atoms in total. The number of amides is 1. The number of carbonyl (C=O) groups excluding carboxylic acids is 1. The van der Waals surface area contributed by atoms with Crippen LogP contribution in [0.4, 0.5) is 0 Å². The van der Waals surface area contributed by atoms with Crippen molar-refractivity contribution in [3.63, 3.8) is 0 Å². The minimum absolute atomic E-state index is 0.0224. The van der Waals surface area contributed by atoms with Crippen molar-refractivity contribution in [3.05, 3.63) is 23.9 Å². The molecular weight excluding hydrogens is 322 g/mol. The van der Waals surface area contributed by atoms with Crippen molar-refractivity contribution in [2.24, 2.45) is 11.8 Å². The Morgan fingerprint density at radius 2 is 2.12 bits per heavy atom. The first-order valence-corrected chi connectivity index (χ1v) is 8.90. The summed E-state index contributed by atoms with van der Waals surface area (Å²) in [6.45, 7) is 5.81. The molecule has 2 atom stereocenters. The first-order valence-electron chi connectivity index (χ1n) is 8.90. The first-order chi connectivity index (χ1) is 12.2. The van der Waals surface area contributed by atoms with E-state index < -0.39 is 0 Å². The molecule has 0 bridgehead atoms. The van der Waals surface area contributed by atoms with E-state index in [2.05, 4.69) is 9.88 Å². The molecule has 2 aliphatic heterocycles. The largest absolute Gasteiger partial charge is 0.481 e. The third-order valence-corrected chi connectivity index (χ3v) is 4.98. The molecule has 1 aromatic rings. The van der Waals surface area contributed by atoms with E-state index in [1.165, 1.54) is 7.11 Å². The van der Waals surface area contributed by atoms with Crippen LogP contribution in [-0.2, 0) is 4.74 Å². The molecule has 0 saturated carbocycles. The number of methoxy groups -OCH3 is 1. The van der Waals surface area contributed by atoms with Gasteiger partial charge in [-0.2, -0.15) is 0 Å². The van der Waals surface area contributed by atoms with E-state index in [1.54, 1.807) is 18.3 Å². The van der Waals surface area contributed by atoms with Gasteiger partial charge in [-0.25, -0.2) is 4.98 Å². The quantitative estimate of drug-likeness (QED) is 0.834. The third kappa shape index (κ3) is 4.68. The Morgan fingerprint density at radius 3 is 2.84 bits per heavy atom. The molecule has 3 heterocycles. The Labute approximate surface area is 148 Å². The molecule has 0 aromatic carbocycles. The maximum Gasteiger partial charge on any atom is 0.254 e. The van der Waals surface area contributed by atoms with Crippen LogP contribution >= 0.6 is 0 Å². The number of carbonyl (C=O) groups is 1. The lowest BCUT2D eigenvalue weighted by atomic mass is 9.88. The highest BCUT2D eigenvalue weighted by molar-refractivity contribution is 5.94. The Morgan fingerprint density at radius 1 is 1.36 bits per heavy atom. The Hall–Kier alpha value is -1.70. The summed E-state index contributed by atoms with van der Waals surface area (Å²) in [5, 5.41) is 9.67. The second kappa shape index (κ2) is 8.60. The fourth-order valence-electron chi connectivity index (χ4n) is 3.73. The lowest BCUT2D eigenvalue weighted by molar-refractivity contribution is 0.0130. The van der Waals surface area contributed by atoms with E-state index in [4.69, 9.17) is 9.47 Å². The number of hydrogen-bond donors (Lipinski definition) is 1. The molecule has 0 spiro atoms. The van der Waals surface area contributed by atoms with Crippen LogP contribution in [0.3, 0.4) is 0 Å². The van der Waals surface area contributed by atoms with Crippen LogP contribution in [0.25, 0.3) is 0 Å². The van der Waals surface area contributed by atoms with E-state index in [9.17, 15) is 9.90 Å². The molecule has 2 fully saturated rings. The summed E-state index contributed by atoms with van der Waals surface area (Å²) in [6.07, 6.45) is 2.54. The standard InChI is InChI=1S/C18H27N3O4/c1-24-17-9-16(2-3-19-17)18(23)21-11-14(8-15(12-21)13-22)10-20-4-6-25-7-5-20/h2-3,9,14-15,22H,4-8,10-13H2,1H3/t14-,15-/m0/s1. The number of pyridine rings is 1. The van der Waals surface area contributed by atoms with E-state index >= 15 is 0 Å². The number of piperidine rings is 1. The van der Waals surface area contributed by atoms with Crippen molar-refractivity contribution in [2.45, 2.75) is 6.42 Å². The van der Waals surface area contributed by atoms with Gasteiger partial charge in [-0.05, 0) is 24.3 Å². The average molecular weight is 349 g/mol. The molecule has 3 rings (SSSR count). The Bertz CT molecular complexity index is 577. The van der Waals surface area contributed by atoms with Crippen LogP contribution in [0.1, 0.15) is 16.8 Å². The number of nitrogens with zero attached hydrogens (tertiary/aromatic N) is 3. The van der Waals surface area contributed by atoms with Gasteiger partial charge in [0.1, 0.15) is 0 Å². The lowest BCUT2D eigenvalue weighted by Crippen LogP contribution is -2.49. The Kier molecular flexibility index (Phi) is 6.23. The highest BCUT2D eigenvalue weighted by Crippen LogP contribution is 2.25. The van der Waals surface area contributed by atoms with Crippen molar-refractivity contribution in [2.75, 3.05) is 59.7 Å². The van der Waals surface area contributed by atoms with Crippen LogP contribution < -0.4 is 4.74 Å². The smallest absolute Gasteiger partial charge is 0.254 e. The normalized spacial score (nSPS) is 25.0. The predicted molar refractivity (Wildman–Crippen MR) is 92.6 cm³/mol. The summed E-state index contributed by atoms with van der Waals surface area (Å²) in [5.74, 6) is 0.918. The van der Waals surface area contributed by atoms with Gasteiger partial charge >= 0.3 is 0 Å². The second-order valence-corrected chi connectivity index (χ2v) is 6.86. The lowest BCUT2D eigenvalue weighted by Gasteiger charge is -2.40. The molecule has 0 unspecified atom stereocenters. The molecule has 7 heteroatoms.